The molecule has 1 aliphatic heterocycles. The van der Waals surface area contributed by atoms with E-state index in [4.69, 9.17) is 9.47 Å². The summed E-state index contributed by atoms with van der Waals surface area (Å²) in [5, 5.41) is 10.9. The molecule has 29 heavy (non-hydrogen) atoms. The van der Waals surface area contributed by atoms with E-state index in [0.717, 1.165) is 6.42 Å². The number of nitrogens with zero attached hydrogens (tertiary/aromatic N) is 2. The molecule has 0 saturated carbocycles. The van der Waals surface area contributed by atoms with Crippen LogP contribution >= 0.6 is 0 Å². The molecule has 1 fully saturated rings. The zero-order chi connectivity index (χ0) is 20.8. The highest BCUT2D eigenvalue weighted by atomic mass is 16.5. The number of carbonyl (C=O) groups excluding carboxylic acids is 2. The van der Waals surface area contributed by atoms with Crippen molar-refractivity contribution < 1.29 is 24.2 Å². The number of aromatic nitrogens is 1. The third kappa shape index (κ3) is 4.30. The molecule has 0 spiro atoms. The number of methoxy groups -OCH3 is 1. The maximum Gasteiger partial charge on any atom is 0.295 e. The van der Waals surface area contributed by atoms with Gasteiger partial charge in [-0.05, 0) is 42.8 Å². The fourth-order valence-corrected chi connectivity index (χ4v) is 3.23. The Labute approximate surface area is 169 Å². The molecule has 0 radical (unpaired) electrons. The fraction of sp³-hybridized carbons (Fsp3) is 0.318. The van der Waals surface area contributed by atoms with E-state index in [1.165, 1.54) is 12.0 Å². The van der Waals surface area contributed by atoms with Gasteiger partial charge in [-0.15, -0.1) is 0 Å². The molecular formula is C22H24N2O5. The minimum atomic E-state index is -0.776. The molecular weight excluding hydrogens is 372 g/mol. The van der Waals surface area contributed by atoms with Gasteiger partial charge in [0, 0.05) is 25.4 Å². The molecule has 7 heteroatoms. The Morgan fingerprint density at radius 3 is 2.52 bits per heavy atom. The highest BCUT2D eigenvalue weighted by Crippen LogP contribution is 2.38. The monoisotopic (exact) mass is 396 g/mol. The molecule has 3 rings (SSSR count). The first-order chi connectivity index (χ1) is 14.1. The third-order valence-electron chi connectivity index (χ3n) is 4.64. The number of benzene rings is 1. The van der Waals surface area contributed by atoms with Gasteiger partial charge in [0.15, 0.2) is 0 Å². The number of amides is 1. The smallest absolute Gasteiger partial charge is 0.295 e. The van der Waals surface area contributed by atoms with E-state index in [2.05, 4.69) is 4.98 Å². The Kier molecular flexibility index (Phi) is 6.61. The maximum absolute atomic E-state index is 12.8. The van der Waals surface area contributed by atoms with Gasteiger partial charge >= 0.3 is 0 Å². The lowest BCUT2D eigenvalue weighted by Gasteiger charge is -2.24. The molecule has 7 nitrogen and oxygen atoms in total. The van der Waals surface area contributed by atoms with Crippen LogP contribution in [0.15, 0.2) is 54.2 Å². The van der Waals surface area contributed by atoms with Gasteiger partial charge in [-0.1, -0.05) is 13.0 Å². The van der Waals surface area contributed by atoms with Gasteiger partial charge in [-0.2, -0.15) is 0 Å². The van der Waals surface area contributed by atoms with Crippen LogP contribution in [0.3, 0.4) is 0 Å². The molecule has 2 heterocycles. The van der Waals surface area contributed by atoms with Crippen LogP contribution in [-0.4, -0.2) is 53.5 Å². The second-order valence-electron chi connectivity index (χ2n) is 6.61. The Hall–Kier alpha value is -3.19. The summed E-state index contributed by atoms with van der Waals surface area (Å²) in [6.45, 7) is 3.08. The predicted octanol–water partition coefficient (Wildman–Crippen LogP) is 2.94. The number of ketones is 1. The highest BCUT2D eigenvalue weighted by Gasteiger charge is 2.46. The van der Waals surface area contributed by atoms with E-state index in [1.54, 1.807) is 48.7 Å². The number of aliphatic hydroxyl groups is 1. The summed E-state index contributed by atoms with van der Waals surface area (Å²) in [6.07, 6.45) is 2.47. The zero-order valence-corrected chi connectivity index (χ0v) is 16.5. The van der Waals surface area contributed by atoms with E-state index in [1.807, 2.05) is 6.92 Å². The molecule has 1 aliphatic rings. The first kappa shape index (κ1) is 20.5. The maximum atomic E-state index is 12.8. The van der Waals surface area contributed by atoms with Gasteiger partial charge in [0.2, 0.25) is 0 Å². The number of likely N-dealkylation sites (tertiary alicyclic amines) is 1. The molecule has 0 bridgehead atoms. The third-order valence-corrected chi connectivity index (χ3v) is 4.64. The van der Waals surface area contributed by atoms with Crippen molar-refractivity contribution in [3.63, 3.8) is 0 Å². The zero-order valence-electron chi connectivity index (χ0n) is 16.5. The lowest BCUT2D eigenvalue weighted by molar-refractivity contribution is -0.140. The van der Waals surface area contributed by atoms with Crippen molar-refractivity contribution in [1.29, 1.82) is 0 Å². The number of Topliss-reactive ketones (excluding diaryl/α,β-unsaturated/α-hetero) is 1. The van der Waals surface area contributed by atoms with Gasteiger partial charge in [0.25, 0.3) is 11.7 Å². The van der Waals surface area contributed by atoms with Crippen molar-refractivity contribution in [2.24, 2.45) is 0 Å². The van der Waals surface area contributed by atoms with Crippen LogP contribution in [0.5, 0.6) is 5.75 Å². The van der Waals surface area contributed by atoms with Crippen LogP contribution in [0.4, 0.5) is 0 Å². The van der Waals surface area contributed by atoms with Crippen molar-refractivity contribution in [2.75, 3.05) is 26.9 Å². The molecule has 152 valence electrons. The second-order valence-corrected chi connectivity index (χ2v) is 6.61. The Morgan fingerprint density at radius 1 is 1.14 bits per heavy atom. The van der Waals surface area contributed by atoms with Crippen LogP contribution < -0.4 is 4.74 Å². The minimum Gasteiger partial charge on any atom is -0.507 e. The van der Waals surface area contributed by atoms with Gasteiger partial charge < -0.3 is 19.5 Å². The summed E-state index contributed by atoms with van der Waals surface area (Å²) in [5.41, 5.74) is 0.957. The number of hydrogen-bond donors (Lipinski definition) is 1. The first-order valence-corrected chi connectivity index (χ1v) is 9.50. The van der Waals surface area contributed by atoms with E-state index in [0.29, 0.717) is 23.6 Å². The molecule has 1 aromatic carbocycles. The van der Waals surface area contributed by atoms with Gasteiger partial charge in [0.1, 0.15) is 17.6 Å². The van der Waals surface area contributed by atoms with Crippen molar-refractivity contribution in [3.8, 4) is 5.75 Å². The molecule has 0 aliphatic carbocycles. The standard InChI is InChI=1S/C22H24N2O5/c1-3-13-29-16-9-7-15(8-10-16)20(25)18-19(17-6-4-5-11-23-17)24(12-14-28-2)22(27)21(18)26/h4-11,19,25H,3,12-14H2,1-2H3/b20-18-. The summed E-state index contributed by atoms with van der Waals surface area (Å²) < 4.78 is 10.6. The van der Waals surface area contributed by atoms with E-state index in [9.17, 15) is 14.7 Å². The molecule has 1 unspecified atom stereocenters. The number of aliphatic hydroxyl groups excluding tert-OH is 1. The van der Waals surface area contributed by atoms with Gasteiger partial charge in [-0.25, -0.2) is 0 Å². The van der Waals surface area contributed by atoms with Crippen LogP contribution in [0, 0.1) is 0 Å². The number of ether oxygens (including phenoxy) is 2. The largest absolute Gasteiger partial charge is 0.507 e. The molecule has 2 aromatic rings. The Bertz CT molecular complexity index is 893. The van der Waals surface area contributed by atoms with E-state index in [-0.39, 0.29) is 24.5 Å². The van der Waals surface area contributed by atoms with Crippen LogP contribution in [0.25, 0.3) is 5.76 Å². The van der Waals surface area contributed by atoms with E-state index >= 15 is 0 Å². The summed E-state index contributed by atoms with van der Waals surface area (Å²) >= 11 is 0. The van der Waals surface area contributed by atoms with E-state index < -0.39 is 17.7 Å². The van der Waals surface area contributed by atoms with Crippen molar-refractivity contribution in [3.05, 3.63) is 65.5 Å². The summed E-state index contributed by atoms with van der Waals surface area (Å²) in [7, 11) is 1.52. The number of carbonyl (C=O) groups is 2. The summed E-state index contributed by atoms with van der Waals surface area (Å²) in [5.74, 6) is -0.978. The number of hydrogen-bond acceptors (Lipinski definition) is 6. The normalized spacial score (nSPS) is 18.3. The van der Waals surface area contributed by atoms with Crippen LogP contribution in [0.1, 0.15) is 30.6 Å². The van der Waals surface area contributed by atoms with Crippen LogP contribution in [-0.2, 0) is 14.3 Å². The SMILES string of the molecule is CCCOc1ccc(/C(O)=C2/C(=O)C(=O)N(CCOC)C2c2ccccn2)cc1. The Morgan fingerprint density at radius 2 is 1.90 bits per heavy atom. The summed E-state index contributed by atoms with van der Waals surface area (Å²) in [4.78, 5) is 31.1. The lowest BCUT2D eigenvalue weighted by Crippen LogP contribution is -2.33. The summed E-state index contributed by atoms with van der Waals surface area (Å²) in [6, 6.07) is 11.3. The van der Waals surface area contributed by atoms with Gasteiger partial charge in [0.05, 0.1) is 24.5 Å². The average molecular weight is 396 g/mol. The Balaban J connectivity index is 2.03. The second kappa shape index (κ2) is 9.34. The average Bonchev–Trinajstić information content (AvgIpc) is 3.01. The van der Waals surface area contributed by atoms with Crippen molar-refractivity contribution in [2.45, 2.75) is 19.4 Å². The lowest BCUT2D eigenvalue weighted by atomic mass is 9.98. The quantitative estimate of drug-likeness (QED) is 0.419. The predicted molar refractivity (Wildman–Crippen MR) is 107 cm³/mol. The number of pyridine rings is 1. The molecule has 1 saturated heterocycles. The highest BCUT2D eigenvalue weighted by molar-refractivity contribution is 6.46. The van der Waals surface area contributed by atoms with Crippen LogP contribution in [0.2, 0.25) is 0 Å². The first-order valence-electron chi connectivity index (χ1n) is 9.50. The molecule has 1 N–H and O–H groups in total. The number of rotatable bonds is 8. The fourth-order valence-electron chi connectivity index (χ4n) is 3.23. The van der Waals surface area contributed by atoms with Crippen molar-refractivity contribution >= 4 is 17.4 Å². The van der Waals surface area contributed by atoms with Gasteiger partial charge in [-0.3, -0.25) is 14.6 Å². The van der Waals surface area contributed by atoms with Crippen molar-refractivity contribution in [1.82, 2.24) is 9.88 Å². The molecule has 1 amide bonds. The topological polar surface area (TPSA) is 89.0 Å². The molecule has 1 atom stereocenters. The minimum absolute atomic E-state index is 0.0204. The molecule has 1 aromatic heterocycles.